The fourth-order valence-electron chi connectivity index (χ4n) is 0.0745. The van der Waals surface area contributed by atoms with Gasteiger partial charge in [-0.15, -0.1) is 0 Å². The van der Waals surface area contributed by atoms with E-state index >= 15 is 0 Å². The summed E-state index contributed by atoms with van der Waals surface area (Å²) in [4.78, 5) is 11.4. The number of hydrogen-bond donors (Lipinski definition) is 1. The highest BCUT2D eigenvalue weighted by molar-refractivity contribution is 7.45. The number of rotatable bonds is 2. The van der Waals surface area contributed by atoms with Crippen molar-refractivity contribution in [3.05, 3.63) is 0 Å². The number of quaternary nitrogens is 1. The molecule has 0 rings (SSSR count). The summed E-state index contributed by atoms with van der Waals surface area (Å²) in [7, 11) is 4.42. The van der Waals surface area contributed by atoms with Crippen LogP contribution in [0, 0.1) is 0 Å². The molecule has 0 unspecified atom stereocenters. The summed E-state index contributed by atoms with van der Waals surface area (Å²) in [6.07, 6.45) is 0. The van der Waals surface area contributed by atoms with E-state index in [0.29, 0.717) is 0 Å². The van der Waals surface area contributed by atoms with Crippen LogP contribution >= 0.6 is 7.82 Å². The minimum Gasteiger partial charge on any atom is -0.756 e. The molecule has 0 aliphatic carbocycles. The van der Waals surface area contributed by atoms with Gasteiger partial charge in [0, 0.05) is 14.2 Å². The second-order valence-corrected chi connectivity index (χ2v) is 3.94. The Hall–Kier alpha value is 0.0700. The molecule has 70 valence electrons. The third kappa shape index (κ3) is 17.8. The summed E-state index contributed by atoms with van der Waals surface area (Å²) in [6.45, 7) is 0. The van der Waals surface area contributed by atoms with Crippen LogP contribution in [-0.2, 0) is 13.6 Å². The highest BCUT2D eigenvalue weighted by Crippen LogP contribution is 2.34. The predicted octanol–water partition coefficient (Wildman–Crippen LogP) is -1.49. The molecule has 0 aliphatic rings. The van der Waals surface area contributed by atoms with Gasteiger partial charge < -0.3 is 18.8 Å². The van der Waals surface area contributed by atoms with Gasteiger partial charge in [-0.05, 0) is 0 Å². The zero-order chi connectivity index (χ0) is 9.49. The zero-order valence-electron chi connectivity index (χ0n) is 7.58. The van der Waals surface area contributed by atoms with Gasteiger partial charge in [-0.2, -0.15) is 0 Å². The molecule has 0 heterocycles. The van der Waals surface area contributed by atoms with Gasteiger partial charge in [0.15, 0.2) is 0 Å². The Bertz CT molecular complexity index is 117. The maximum atomic E-state index is 9.95. The molecule has 0 aromatic rings. The van der Waals surface area contributed by atoms with Crippen molar-refractivity contribution in [2.45, 2.75) is 0 Å². The average molecular weight is 185 g/mol. The second kappa shape index (κ2) is 6.76. The third-order valence-electron chi connectivity index (χ3n) is 0.447. The van der Waals surface area contributed by atoms with Crippen LogP contribution in [0.1, 0.15) is 0 Å². The largest absolute Gasteiger partial charge is 0.756 e. The lowest BCUT2D eigenvalue weighted by Crippen LogP contribution is -3.02. The molecule has 5 nitrogen and oxygen atoms in total. The van der Waals surface area contributed by atoms with Crippen molar-refractivity contribution in [3.8, 4) is 0 Å². The van der Waals surface area contributed by atoms with Gasteiger partial charge in [-0.25, -0.2) is 0 Å². The molecule has 1 N–H and O–H groups in total. The molecule has 6 heteroatoms. The topological polar surface area (TPSA) is 63.0 Å². The van der Waals surface area contributed by atoms with Gasteiger partial charge >= 0.3 is 0 Å². The van der Waals surface area contributed by atoms with Crippen molar-refractivity contribution in [1.82, 2.24) is 0 Å². The molecule has 0 saturated heterocycles. The maximum Gasteiger partial charge on any atom is 0.267 e. The molecular formula is C5H16NO4P. The van der Waals surface area contributed by atoms with E-state index in [0.717, 1.165) is 14.2 Å². The van der Waals surface area contributed by atoms with Crippen molar-refractivity contribution < 1.29 is 23.4 Å². The van der Waals surface area contributed by atoms with Crippen LogP contribution in [0.2, 0.25) is 0 Å². The van der Waals surface area contributed by atoms with Crippen LogP contribution in [0.4, 0.5) is 0 Å². The molecule has 0 spiro atoms. The van der Waals surface area contributed by atoms with E-state index in [1.807, 2.05) is 0 Å². The van der Waals surface area contributed by atoms with E-state index in [1.54, 1.807) is 0 Å². The molecule has 0 aliphatic heterocycles. The predicted molar refractivity (Wildman–Crippen MR) is 40.4 cm³/mol. The smallest absolute Gasteiger partial charge is 0.267 e. The van der Waals surface area contributed by atoms with Gasteiger partial charge in [-0.1, -0.05) is 0 Å². The Balaban J connectivity index is 0. The molecule has 0 saturated carbocycles. The van der Waals surface area contributed by atoms with E-state index in [4.69, 9.17) is 0 Å². The average Bonchev–Trinajstić information content (AvgIpc) is 1.87. The fraction of sp³-hybridized carbons (Fsp3) is 1.00. The Morgan fingerprint density at radius 1 is 1.18 bits per heavy atom. The summed E-state index contributed by atoms with van der Waals surface area (Å²) in [6, 6.07) is 0. The van der Waals surface area contributed by atoms with E-state index in [-0.39, 0.29) is 0 Å². The summed E-state index contributed by atoms with van der Waals surface area (Å²) in [5, 5.41) is 0. The second-order valence-electron chi connectivity index (χ2n) is 2.31. The first-order valence-electron chi connectivity index (χ1n) is 3.05. The first-order chi connectivity index (χ1) is 4.85. The Morgan fingerprint density at radius 2 is 1.36 bits per heavy atom. The first kappa shape index (κ1) is 13.6. The third-order valence-corrected chi connectivity index (χ3v) is 1.34. The molecule has 0 atom stereocenters. The van der Waals surface area contributed by atoms with Crippen LogP contribution in [0.15, 0.2) is 0 Å². The monoisotopic (exact) mass is 185 g/mol. The van der Waals surface area contributed by atoms with Crippen LogP contribution in [0.3, 0.4) is 0 Å². The fourth-order valence-corrected chi connectivity index (χ4v) is 0.224. The van der Waals surface area contributed by atoms with Gasteiger partial charge in [-0.3, -0.25) is 4.57 Å². The molecule has 11 heavy (non-hydrogen) atoms. The summed E-state index contributed by atoms with van der Waals surface area (Å²) < 4.78 is 17.7. The van der Waals surface area contributed by atoms with Crippen LogP contribution < -0.4 is 9.79 Å². The van der Waals surface area contributed by atoms with Crippen LogP contribution in [0.25, 0.3) is 0 Å². The first-order valence-corrected chi connectivity index (χ1v) is 4.51. The molecule has 0 bridgehead atoms. The lowest BCUT2D eigenvalue weighted by molar-refractivity contribution is -0.836. The van der Waals surface area contributed by atoms with Crippen molar-refractivity contribution >= 4 is 7.82 Å². The summed E-state index contributed by atoms with van der Waals surface area (Å²) in [5.74, 6) is 0. The molecular weight excluding hydrogens is 169 g/mol. The van der Waals surface area contributed by atoms with Crippen molar-refractivity contribution in [2.75, 3.05) is 35.4 Å². The Labute approximate surface area is 67.5 Å². The van der Waals surface area contributed by atoms with E-state index < -0.39 is 7.82 Å². The zero-order valence-corrected chi connectivity index (χ0v) is 8.47. The van der Waals surface area contributed by atoms with Crippen molar-refractivity contribution in [3.63, 3.8) is 0 Å². The summed E-state index contributed by atoms with van der Waals surface area (Å²) in [5.41, 5.74) is 0. The number of phosphoric acid groups is 1. The maximum absolute atomic E-state index is 9.95. The van der Waals surface area contributed by atoms with Gasteiger partial charge in [0.05, 0.1) is 21.1 Å². The van der Waals surface area contributed by atoms with Crippen molar-refractivity contribution in [2.24, 2.45) is 0 Å². The number of nitrogens with one attached hydrogen (secondary N) is 1. The quantitative estimate of drug-likeness (QED) is 0.532. The van der Waals surface area contributed by atoms with E-state index in [1.165, 1.54) is 4.90 Å². The van der Waals surface area contributed by atoms with Gasteiger partial charge in [0.1, 0.15) is 0 Å². The molecule has 0 radical (unpaired) electrons. The lowest BCUT2D eigenvalue weighted by atomic mass is 11.0. The summed E-state index contributed by atoms with van der Waals surface area (Å²) >= 11 is 0. The number of phosphoric ester groups is 1. The van der Waals surface area contributed by atoms with Crippen molar-refractivity contribution in [1.29, 1.82) is 0 Å². The van der Waals surface area contributed by atoms with Gasteiger partial charge in [0.25, 0.3) is 7.82 Å². The van der Waals surface area contributed by atoms with E-state index in [9.17, 15) is 9.46 Å². The van der Waals surface area contributed by atoms with Gasteiger partial charge in [0.2, 0.25) is 0 Å². The van der Waals surface area contributed by atoms with Crippen LogP contribution in [0.5, 0.6) is 0 Å². The minimum atomic E-state index is -3.90. The minimum absolute atomic E-state index is 1.04. The lowest BCUT2D eigenvalue weighted by Gasteiger charge is -2.16. The highest BCUT2D eigenvalue weighted by atomic mass is 31.2. The van der Waals surface area contributed by atoms with Crippen LogP contribution in [-0.4, -0.2) is 35.4 Å². The SMILES string of the molecule is COP(=O)([O-])OC.C[NH+](C)C. The number of hydrogen-bond acceptors (Lipinski definition) is 4. The van der Waals surface area contributed by atoms with E-state index in [2.05, 4.69) is 30.2 Å². The highest BCUT2D eigenvalue weighted by Gasteiger charge is 1.98. The molecule has 0 aromatic carbocycles. The Morgan fingerprint density at radius 3 is 1.36 bits per heavy atom. The standard InChI is InChI=1S/C3H9N.C2H7O4P/c1-4(2)3;1-5-7(3,4)6-2/h1-3H3;1-2H3,(H,3,4). The normalized spacial score (nSPS) is 10.8. The molecule has 0 amide bonds. The Kier molecular flexibility index (Phi) is 8.39. The molecule has 0 fully saturated rings. The molecule has 0 aromatic heterocycles.